The molecule has 0 amide bonds. The molecule has 0 N–H and O–H groups in total. The van der Waals surface area contributed by atoms with Crippen LogP contribution in [-0.4, -0.2) is 14.6 Å². The third-order valence-corrected chi connectivity index (χ3v) is 4.92. The predicted octanol–water partition coefficient (Wildman–Crippen LogP) is 4.10. The predicted molar refractivity (Wildman–Crippen MR) is 76.0 cm³/mol. The highest BCUT2D eigenvalue weighted by Gasteiger charge is 2.28. The van der Waals surface area contributed by atoms with Crippen LogP contribution in [0.5, 0.6) is 0 Å². The van der Waals surface area contributed by atoms with Gasteiger partial charge in [0, 0.05) is 11.5 Å². The van der Waals surface area contributed by atoms with E-state index in [1.165, 1.54) is 17.8 Å². The van der Waals surface area contributed by atoms with E-state index in [9.17, 15) is 0 Å². The van der Waals surface area contributed by atoms with E-state index in [1.54, 1.807) is 11.3 Å². The zero-order valence-electron chi connectivity index (χ0n) is 9.51. The number of hydrogen-bond acceptors (Lipinski definition) is 3. The molecule has 18 heavy (non-hydrogen) atoms. The van der Waals surface area contributed by atoms with Gasteiger partial charge in [0.2, 0.25) is 4.96 Å². The molecular formula is C13H10BrN3S. The molecule has 1 saturated carbocycles. The van der Waals surface area contributed by atoms with Gasteiger partial charge in [-0.05, 0) is 28.8 Å². The normalized spacial score (nSPS) is 15.4. The Morgan fingerprint density at radius 2 is 2.00 bits per heavy atom. The maximum atomic E-state index is 4.69. The first-order valence-corrected chi connectivity index (χ1v) is 7.54. The van der Waals surface area contributed by atoms with Gasteiger partial charge in [0.05, 0.1) is 0 Å². The van der Waals surface area contributed by atoms with Crippen LogP contribution in [0.2, 0.25) is 0 Å². The van der Waals surface area contributed by atoms with Crippen LogP contribution < -0.4 is 0 Å². The van der Waals surface area contributed by atoms with Crippen molar-refractivity contribution in [2.75, 3.05) is 0 Å². The molecule has 1 fully saturated rings. The largest absolute Gasteiger partial charge is 0.216 e. The number of rotatable bonds is 2. The third-order valence-electron chi connectivity index (χ3n) is 3.14. The summed E-state index contributed by atoms with van der Waals surface area (Å²) < 4.78 is 2.87. The lowest BCUT2D eigenvalue weighted by atomic mass is 10.2. The first-order valence-electron chi connectivity index (χ1n) is 5.93. The third kappa shape index (κ3) is 1.61. The van der Waals surface area contributed by atoms with Gasteiger partial charge >= 0.3 is 0 Å². The Kier molecular flexibility index (Phi) is 2.32. The van der Waals surface area contributed by atoms with Gasteiger partial charge in [0.15, 0.2) is 0 Å². The van der Waals surface area contributed by atoms with Crippen LogP contribution in [0, 0.1) is 0 Å². The molecule has 1 aliphatic carbocycles. The van der Waals surface area contributed by atoms with E-state index < -0.39 is 0 Å². The van der Waals surface area contributed by atoms with Gasteiger partial charge in [0.25, 0.3) is 0 Å². The highest BCUT2D eigenvalue weighted by Crippen LogP contribution is 2.42. The topological polar surface area (TPSA) is 30.2 Å². The first kappa shape index (κ1) is 10.7. The molecule has 0 saturated heterocycles. The van der Waals surface area contributed by atoms with Crippen LogP contribution in [0.25, 0.3) is 16.2 Å². The number of nitrogens with zero attached hydrogens (tertiary/aromatic N) is 3. The Morgan fingerprint density at radius 1 is 1.22 bits per heavy atom. The molecule has 5 heteroatoms. The van der Waals surface area contributed by atoms with Crippen molar-refractivity contribution in [2.45, 2.75) is 18.8 Å². The second-order valence-corrected chi connectivity index (χ2v) is 6.26. The van der Waals surface area contributed by atoms with Gasteiger partial charge in [-0.2, -0.15) is 9.61 Å². The van der Waals surface area contributed by atoms with Gasteiger partial charge in [-0.1, -0.05) is 41.7 Å². The van der Waals surface area contributed by atoms with Crippen molar-refractivity contribution < 1.29 is 0 Å². The fourth-order valence-corrected chi connectivity index (χ4v) is 3.76. The standard InChI is InChI=1S/C13H10BrN3S/c14-11-10(8-4-2-1-3-5-8)15-13-17(11)16-12(18-13)9-6-7-9/h1-5,9H,6-7H2. The summed E-state index contributed by atoms with van der Waals surface area (Å²) in [5.74, 6) is 0.684. The molecule has 0 aliphatic heterocycles. The average Bonchev–Trinajstić information content (AvgIpc) is 3.10. The molecule has 0 spiro atoms. The van der Waals surface area contributed by atoms with Crippen LogP contribution in [0.4, 0.5) is 0 Å². The van der Waals surface area contributed by atoms with Crippen LogP contribution in [-0.2, 0) is 0 Å². The van der Waals surface area contributed by atoms with E-state index in [1.807, 2.05) is 22.7 Å². The van der Waals surface area contributed by atoms with Crippen molar-refractivity contribution in [3.63, 3.8) is 0 Å². The summed E-state index contributed by atoms with van der Waals surface area (Å²) in [7, 11) is 0. The lowest BCUT2D eigenvalue weighted by molar-refractivity contribution is 0.889. The number of imidazole rings is 1. The van der Waals surface area contributed by atoms with Gasteiger partial charge in [-0.15, -0.1) is 0 Å². The van der Waals surface area contributed by atoms with Crippen LogP contribution in [0.15, 0.2) is 34.9 Å². The summed E-state index contributed by atoms with van der Waals surface area (Å²) in [5, 5.41) is 5.87. The van der Waals surface area contributed by atoms with Crippen molar-refractivity contribution >= 4 is 32.2 Å². The van der Waals surface area contributed by atoms with Crippen LogP contribution >= 0.6 is 27.3 Å². The van der Waals surface area contributed by atoms with Crippen molar-refractivity contribution in [1.29, 1.82) is 0 Å². The lowest BCUT2D eigenvalue weighted by Gasteiger charge is -1.96. The Hall–Kier alpha value is -1.20. The highest BCUT2D eigenvalue weighted by atomic mass is 79.9. The number of benzene rings is 1. The molecule has 0 radical (unpaired) electrons. The molecule has 0 bridgehead atoms. The fourth-order valence-electron chi connectivity index (χ4n) is 2.01. The lowest BCUT2D eigenvalue weighted by Crippen LogP contribution is -1.87. The maximum Gasteiger partial charge on any atom is 0.213 e. The molecule has 2 aromatic heterocycles. The van der Waals surface area contributed by atoms with Crippen molar-refractivity contribution in [3.05, 3.63) is 39.9 Å². The highest BCUT2D eigenvalue weighted by molar-refractivity contribution is 9.10. The molecule has 2 heterocycles. The minimum absolute atomic E-state index is 0.684. The zero-order valence-corrected chi connectivity index (χ0v) is 11.9. The Bertz CT molecular complexity index is 712. The quantitative estimate of drug-likeness (QED) is 0.712. The zero-order chi connectivity index (χ0) is 12.1. The Labute approximate surface area is 117 Å². The molecule has 1 aliphatic rings. The van der Waals surface area contributed by atoms with E-state index in [4.69, 9.17) is 0 Å². The number of halogens is 1. The second kappa shape index (κ2) is 3.90. The van der Waals surface area contributed by atoms with Gasteiger partial charge < -0.3 is 0 Å². The molecule has 0 atom stereocenters. The molecule has 4 rings (SSSR count). The smallest absolute Gasteiger partial charge is 0.213 e. The summed E-state index contributed by atoms with van der Waals surface area (Å²) >= 11 is 5.32. The molecule has 0 unspecified atom stereocenters. The SMILES string of the molecule is Brc1c(-c2ccccc2)nc2sc(C3CC3)nn12. The van der Waals surface area contributed by atoms with E-state index in [0.29, 0.717) is 5.92 Å². The van der Waals surface area contributed by atoms with Crippen molar-refractivity contribution in [3.8, 4) is 11.3 Å². The second-order valence-electron chi connectivity index (χ2n) is 4.53. The number of fused-ring (bicyclic) bond motifs is 1. The summed E-state index contributed by atoms with van der Waals surface area (Å²) in [6.07, 6.45) is 2.56. The number of aromatic nitrogens is 3. The minimum atomic E-state index is 0.684. The molecule has 90 valence electrons. The summed E-state index contributed by atoms with van der Waals surface area (Å²) in [5.41, 5.74) is 2.09. The van der Waals surface area contributed by atoms with Crippen LogP contribution in [0.1, 0.15) is 23.8 Å². The maximum absolute atomic E-state index is 4.69. The molecule has 3 nitrogen and oxygen atoms in total. The summed E-state index contributed by atoms with van der Waals surface area (Å²) in [6.45, 7) is 0. The summed E-state index contributed by atoms with van der Waals surface area (Å²) in [6, 6.07) is 10.2. The van der Waals surface area contributed by atoms with Gasteiger partial charge in [0.1, 0.15) is 15.3 Å². The van der Waals surface area contributed by atoms with Crippen molar-refractivity contribution in [2.24, 2.45) is 0 Å². The molecular weight excluding hydrogens is 310 g/mol. The Balaban J connectivity index is 1.87. The minimum Gasteiger partial charge on any atom is -0.216 e. The van der Waals surface area contributed by atoms with E-state index >= 15 is 0 Å². The molecule has 3 aromatic rings. The number of hydrogen-bond donors (Lipinski definition) is 0. The van der Waals surface area contributed by atoms with Crippen molar-refractivity contribution in [1.82, 2.24) is 14.6 Å². The van der Waals surface area contributed by atoms with Gasteiger partial charge in [-0.3, -0.25) is 0 Å². The van der Waals surface area contributed by atoms with E-state index in [-0.39, 0.29) is 0 Å². The molecule has 1 aromatic carbocycles. The monoisotopic (exact) mass is 319 g/mol. The van der Waals surface area contributed by atoms with Crippen LogP contribution in [0.3, 0.4) is 0 Å². The Morgan fingerprint density at radius 3 is 2.67 bits per heavy atom. The van der Waals surface area contributed by atoms with E-state index in [0.717, 1.165) is 20.8 Å². The summed E-state index contributed by atoms with van der Waals surface area (Å²) in [4.78, 5) is 5.66. The van der Waals surface area contributed by atoms with Gasteiger partial charge in [-0.25, -0.2) is 4.98 Å². The first-order chi connectivity index (χ1) is 8.83. The van der Waals surface area contributed by atoms with E-state index in [2.05, 4.69) is 38.1 Å². The average molecular weight is 320 g/mol. The fraction of sp³-hybridized carbons (Fsp3) is 0.231.